The average molecular weight is 283 g/mol. The molecule has 1 atom stereocenters. The summed E-state index contributed by atoms with van der Waals surface area (Å²) in [7, 11) is 3.36. The maximum Gasteiger partial charge on any atom is 0.356 e. The number of aromatic nitrogens is 1. The van der Waals surface area contributed by atoms with Gasteiger partial charge in [-0.25, -0.2) is 9.78 Å². The molecule has 1 aromatic heterocycles. The topological polar surface area (TPSA) is 68.4 Å². The lowest BCUT2D eigenvalue weighted by atomic mass is 9.89. The summed E-state index contributed by atoms with van der Waals surface area (Å²) < 4.78 is 4.74. The standard InChI is InChI=1S/C16H17N3O2/c1-9-11-7-14(16(20)21-3)18-8-12(11)10-5-4-6-13(17)15(10)19(9)2/h4-9H,17H2,1-3H3. The van der Waals surface area contributed by atoms with Crippen molar-refractivity contribution in [2.75, 3.05) is 24.8 Å². The number of hydrogen-bond donors (Lipinski definition) is 1. The number of esters is 1. The zero-order valence-electron chi connectivity index (χ0n) is 12.3. The molecule has 1 aromatic carbocycles. The van der Waals surface area contributed by atoms with Crippen LogP contribution < -0.4 is 10.6 Å². The SMILES string of the molecule is COC(=O)c1cc2c(cn1)-c1cccc(N)c1N(C)C2C. The highest BCUT2D eigenvalue weighted by atomic mass is 16.5. The average Bonchev–Trinajstić information content (AvgIpc) is 2.51. The van der Waals surface area contributed by atoms with Crippen molar-refractivity contribution < 1.29 is 9.53 Å². The second-order valence-corrected chi connectivity index (χ2v) is 5.18. The van der Waals surface area contributed by atoms with E-state index in [9.17, 15) is 4.79 Å². The Morgan fingerprint density at radius 1 is 1.38 bits per heavy atom. The highest BCUT2D eigenvalue weighted by Gasteiger charge is 2.28. The van der Waals surface area contributed by atoms with E-state index in [4.69, 9.17) is 10.5 Å². The molecule has 2 aromatic rings. The van der Waals surface area contributed by atoms with Gasteiger partial charge in [-0.05, 0) is 24.6 Å². The quantitative estimate of drug-likeness (QED) is 0.643. The third kappa shape index (κ3) is 1.93. The van der Waals surface area contributed by atoms with Gasteiger partial charge in [-0.3, -0.25) is 0 Å². The third-order valence-electron chi connectivity index (χ3n) is 4.07. The number of nitrogen functional groups attached to an aromatic ring is 1. The van der Waals surface area contributed by atoms with Crippen molar-refractivity contribution in [3.05, 3.63) is 41.7 Å². The Morgan fingerprint density at radius 2 is 2.14 bits per heavy atom. The minimum atomic E-state index is -0.425. The van der Waals surface area contributed by atoms with Gasteiger partial charge in [0, 0.05) is 24.4 Å². The van der Waals surface area contributed by atoms with Crippen LogP contribution in [0.25, 0.3) is 11.1 Å². The fourth-order valence-corrected chi connectivity index (χ4v) is 2.83. The summed E-state index contributed by atoms with van der Waals surface area (Å²) in [5.41, 5.74) is 11.3. The Bertz CT molecular complexity index is 727. The molecule has 2 heterocycles. The maximum atomic E-state index is 11.7. The van der Waals surface area contributed by atoms with Gasteiger partial charge in [0.15, 0.2) is 0 Å². The Labute approximate surface area is 123 Å². The molecule has 21 heavy (non-hydrogen) atoms. The third-order valence-corrected chi connectivity index (χ3v) is 4.07. The Hall–Kier alpha value is -2.56. The first-order valence-corrected chi connectivity index (χ1v) is 6.74. The molecule has 3 rings (SSSR count). The van der Waals surface area contributed by atoms with E-state index >= 15 is 0 Å². The predicted molar refractivity (Wildman–Crippen MR) is 82.2 cm³/mol. The molecule has 0 radical (unpaired) electrons. The fraction of sp³-hybridized carbons (Fsp3) is 0.250. The van der Waals surface area contributed by atoms with E-state index in [-0.39, 0.29) is 6.04 Å². The second kappa shape index (κ2) is 4.77. The summed E-state index contributed by atoms with van der Waals surface area (Å²) in [6.07, 6.45) is 1.73. The van der Waals surface area contributed by atoms with E-state index in [2.05, 4.69) is 16.8 Å². The zero-order chi connectivity index (χ0) is 15.1. The van der Waals surface area contributed by atoms with E-state index in [1.54, 1.807) is 12.3 Å². The van der Waals surface area contributed by atoms with Crippen LogP contribution in [0.15, 0.2) is 30.5 Å². The van der Waals surface area contributed by atoms with Crippen LogP contribution in [0.1, 0.15) is 29.0 Å². The molecule has 2 N–H and O–H groups in total. The largest absolute Gasteiger partial charge is 0.464 e. The molecule has 1 aliphatic rings. The molecule has 5 heteroatoms. The van der Waals surface area contributed by atoms with Crippen molar-refractivity contribution in [3.8, 4) is 11.1 Å². The van der Waals surface area contributed by atoms with Crippen LogP contribution >= 0.6 is 0 Å². The molecule has 108 valence electrons. The van der Waals surface area contributed by atoms with Gasteiger partial charge in [0.25, 0.3) is 0 Å². The Balaban J connectivity index is 2.24. The number of ether oxygens (including phenoxy) is 1. The summed E-state index contributed by atoms with van der Waals surface area (Å²) in [4.78, 5) is 18.0. The van der Waals surface area contributed by atoms with Gasteiger partial charge in [-0.1, -0.05) is 12.1 Å². The van der Waals surface area contributed by atoms with E-state index < -0.39 is 5.97 Å². The minimum Gasteiger partial charge on any atom is -0.464 e. The van der Waals surface area contributed by atoms with Gasteiger partial charge in [-0.15, -0.1) is 0 Å². The number of methoxy groups -OCH3 is 1. The van der Waals surface area contributed by atoms with Gasteiger partial charge in [0.05, 0.1) is 24.5 Å². The number of nitrogens with two attached hydrogens (primary N) is 1. The van der Waals surface area contributed by atoms with E-state index in [1.807, 2.05) is 25.2 Å². The first-order chi connectivity index (χ1) is 10.0. The lowest BCUT2D eigenvalue weighted by Gasteiger charge is -2.36. The lowest BCUT2D eigenvalue weighted by molar-refractivity contribution is 0.0594. The molecule has 1 unspecified atom stereocenters. The number of rotatable bonds is 1. The van der Waals surface area contributed by atoms with Crippen LogP contribution in [0.4, 0.5) is 11.4 Å². The number of carbonyl (C=O) groups excluding carboxylic acids is 1. The highest BCUT2D eigenvalue weighted by Crippen LogP contribution is 2.46. The van der Waals surface area contributed by atoms with Crippen molar-refractivity contribution in [1.29, 1.82) is 0 Å². The molecule has 0 saturated heterocycles. The van der Waals surface area contributed by atoms with Gasteiger partial charge in [-0.2, -0.15) is 0 Å². The van der Waals surface area contributed by atoms with Crippen LogP contribution in [0.2, 0.25) is 0 Å². The van der Waals surface area contributed by atoms with Gasteiger partial charge < -0.3 is 15.4 Å². The number of anilines is 2. The smallest absolute Gasteiger partial charge is 0.356 e. The lowest BCUT2D eigenvalue weighted by Crippen LogP contribution is -2.27. The molecule has 0 spiro atoms. The number of hydrogen-bond acceptors (Lipinski definition) is 5. The summed E-state index contributed by atoms with van der Waals surface area (Å²) in [6, 6.07) is 7.74. The Morgan fingerprint density at radius 3 is 2.86 bits per heavy atom. The van der Waals surface area contributed by atoms with Crippen LogP contribution in [-0.2, 0) is 4.74 Å². The zero-order valence-corrected chi connectivity index (χ0v) is 12.3. The van der Waals surface area contributed by atoms with E-state index in [1.165, 1.54) is 7.11 Å². The van der Waals surface area contributed by atoms with Gasteiger partial charge in [0.1, 0.15) is 5.69 Å². The van der Waals surface area contributed by atoms with Crippen molar-refractivity contribution in [2.24, 2.45) is 0 Å². The van der Waals surface area contributed by atoms with E-state index in [0.717, 1.165) is 28.1 Å². The number of fused-ring (bicyclic) bond motifs is 3. The van der Waals surface area contributed by atoms with Gasteiger partial charge >= 0.3 is 5.97 Å². The number of para-hydroxylation sites is 1. The van der Waals surface area contributed by atoms with Crippen LogP contribution in [0.5, 0.6) is 0 Å². The molecule has 0 bridgehead atoms. The monoisotopic (exact) mass is 283 g/mol. The highest BCUT2D eigenvalue weighted by molar-refractivity contribution is 5.93. The van der Waals surface area contributed by atoms with Crippen molar-refractivity contribution in [3.63, 3.8) is 0 Å². The number of carbonyl (C=O) groups is 1. The summed E-state index contributed by atoms with van der Waals surface area (Å²) >= 11 is 0. The normalized spacial score (nSPS) is 16.1. The first-order valence-electron chi connectivity index (χ1n) is 6.74. The Kier molecular flexibility index (Phi) is 3.05. The van der Waals surface area contributed by atoms with Crippen molar-refractivity contribution in [2.45, 2.75) is 13.0 Å². The summed E-state index contributed by atoms with van der Waals surface area (Å²) in [5, 5.41) is 0. The summed E-state index contributed by atoms with van der Waals surface area (Å²) in [5.74, 6) is -0.425. The molecular weight excluding hydrogens is 266 g/mol. The molecule has 0 fully saturated rings. The maximum absolute atomic E-state index is 11.7. The molecule has 5 nitrogen and oxygen atoms in total. The first kappa shape index (κ1) is 13.4. The molecular formula is C16H17N3O2. The van der Waals surface area contributed by atoms with Crippen LogP contribution in [0.3, 0.4) is 0 Å². The van der Waals surface area contributed by atoms with Crippen molar-refractivity contribution in [1.82, 2.24) is 4.98 Å². The van der Waals surface area contributed by atoms with Crippen LogP contribution in [0, 0.1) is 0 Å². The number of pyridine rings is 1. The molecule has 1 aliphatic heterocycles. The fourth-order valence-electron chi connectivity index (χ4n) is 2.83. The van der Waals surface area contributed by atoms with Gasteiger partial charge in [0.2, 0.25) is 0 Å². The predicted octanol–water partition coefficient (Wildman–Crippen LogP) is 2.63. The molecule has 0 amide bonds. The second-order valence-electron chi connectivity index (χ2n) is 5.18. The summed E-state index contributed by atoms with van der Waals surface area (Å²) in [6.45, 7) is 2.08. The minimum absolute atomic E-state index is 0.101. The van der Waals surface area contributed by atoms with Crippen LogP contribution in [-0.4, -0.2) is 25.1 Å². The molecule has 0 aliphatic carbocycles. The number of benzene rings is 1. The molecule has 0 saturated carbocycles. The van der Waals surface area contributed by atoms with Crippen molar-refractivity contribution >= 4 is 17.3 Å². The number of nitrogens with zero attached hydrogens (tertiary/aromatic N) is 2. The van der Waals surface area contributed by atoms with E-state index in [0.29, 0.717) is 5.69 Å².